The number of carbonyl (C=O) groups is 1. The van der Waals surface area contributed by atoms with Crippen molar-refractivity contribution in [1.82, 2.24) is 15.1 Å². The van der Waals surface area contributed by atoms with E-state index in [0.717, 1.165) is 11.1 Å². The van der Waals surface area contributed by atoms with E-state index in [1.807, 2.05) is 18.2 Å². The van der Waals surface area contributed by atoms with Crippen LogP contribution in [0.3, 0.4) is 0 Å². The molecule has 1 N–H and O–H groups in total. The van der Waals surface area contributed by atoms with Gasteiger partial charge in [-0.25, -0.2) is 4.79 Å². The van der Waals surface area contributed by atoms with Crippen molar-refractivity contribution in [3.05, 3.63) is 107 Å². The van der Waals surface area contributed by atoms with Crippen LogP contribution in [0.25, 0.3) is 22.4 Å². The molecule has 0 saturated heterocycles. The third-order valence-electron chi connectivity index (χ3n) is 4.90. The van der Waals surface area contributed by atoms with E-state index in [0.29, 0.717) is 34.8 Å². The summed E-state index contributed by atoms with van der Waals surface area (Å²) >= 11 is 0. The summed E-state index contributed by atoms with van der Waals surface area (Å²) in [4.78, 5) is 33.6. The topological polar surface area (TPSA) is 111 Å². The fraction of sp³-hybridized carbons (Fsp3) is 0.0417. The van der Waals surface area contributed by atoms with Crippen molar-refractivity contribution in [2.45, 2.75) is 6.42 Å². The molecule has 0 bridgehead atoms. The lowest BCUT2D eigenvalue weighted by Crippen LogP contribution is -2.21. The zero-order valence-electron chi connectivity index (χ0n) is 16.7. The Kier molecular flexibility index (Phi) is 5.01. The smallest absolute Gasteiger partial charge is 0.349 e. The Hall–Kier alpha value is -4.59. The minimum absolute atomic E-state index is 0.0729. The van der Waals surface area contributed by atoms with Gasteiger partial charge in [-0.05, 0) is 35.9 Å². The Balaban J connectivity index is 1.40. The molecule has 0 atom stereocenters. The lowest BCUT2D eigenvalue weighted by atomic mass is 10.1. The van der Waals surface area contributed by atoms with Gasteiger partial charge >= 0.3 is 5.63 Å². The van der Waals surface area contributed by atoms with Gasteiger partial charge in [0.05, 0.1) is 6.42 Å². The number of pyridine rings is 1. The Morgan fingerprint density at radius 2 is 1.75 bits per heavy atom. The third kappa shape index (κ3) is 3.89. The number of nitrogens with one attached hydrogen (secondary N) is 1. The number of hydrogen-bond acceptors (Lipinski definition) is 7. The first-order valence-corrected chi connectivity index (χ1v) is 9.82. The molecule has 3 aromatic heterocycles. The van der Waals surface area contributed by atoms with E-state index in [1.165, 1.54) is 6.07 Å². The van der Waals surface area contributed by atoms with Gasteiger partial charge < -0.3 is 14.3 Å². The van der Waals surface area contributed by atoms with Crippen LogP contribution in [0, 0.1) is 0 Å². The second kappa shape index (κ2) is 8.27. The minimum Gasteiger partial charge on any atom is -0.422 e. The molecule has 32 heavy (non-hydrogen) atoms. The zero-order valence-corrected chi connectivity index (χ0v) is 16.7. The Bertz CT molecular complexity index is 1470. The van der Waals surface area contributed by atoms with Gasteiger partial charge in [-0.1, -0.05) is 41.6 Å². The predicted molar refractivity (Wildman–Crippen MR) is 117 cm³/mol. The molecule has 156 valence electrons. The van der Waals surface area contributed by atoms with Gasteiger partial charge in [0.1, 0.15) is 11.1 Å². The van der Waals surface area contributed by atoms with Gasteiger partial charge in [0.25, 0.3) is 5.91 Å². The Morgan fingerprint density at radius 3 is 2.62 bits per heavy atom. The lowest BCUT2D eigenvalue weighted by Gasteiger charge is -2.09. The molecule has 0 fully saturated rings. The fourth-order valence-corrected chi connectivity index (χ4v) is 3.31. The monoisotopic (exact) mass is 424 g/mol. The third-order valence-corrected chi connectivity index (χ3v) is 4.90. The summed E-state index contributed by atoms with van der Waals surface area (Å²) in [5.41, 5.74) is 1.74. The van der Waals surface area contributed by atoms with Crippen LogP contribution in [-0.2, 0) is 6.42 Å². The maximum absolute atomic E-state index is 12.8. The van der Waals surface area contributed by atoms with E-state index in [2.05, 4.69) is 20.4 Å². The normalized spacial score (nSPS) is 10.9. The number of nitrogens with zero attached hydrogens (tertiary/aromatic N) is 3. The van der Waals surface area contributed by atoms with Crippen molar-refractivity contribution in [1.29, 1.82) is 0 Å². The predicted octanol–water partition coefficient (Wildman–Crippen LogP) is 4.08. The maximum atomic E-state index is 12.8. The number of rotatable bonds is 5. The quantitative estimate of drug-likeness (QED) is 0.423. The van der Waals surface area contributed by atoms with Crippen molar-refractivity contribution in [2.24, 2.45) is 0 Å². The summed E-state index contributed by atoms with van der Waals surface area (Å²) in [5.74, 6) is 0.293. The highest BCUT2D eigenvalue weighted by Gasteiger charge is 2.17. The number of aromatic nitrogens is 3. The van der Waals surface area contributed by atoms with Crippen LogP contribution in [0.5, 0.6) is 0 Å². The number of hydrogen-bond donors (Lipinski definition) is 1. The number of anilines is 1. The van der Waals surface area contributed by atoms with Gasteiger partial charge in [0, 0.05) is 29.0 Å². The molecule has 8 nitrogen and oxygen atoms in total. The molecule has 8 heteroatoms. The van der Waals surface area contributed by atoms with Gasteiger partial charge in [-0.2, -0.15) is 4.98 Å². The second-order valence-corrected chi connectivity index (χ2v) is 7.02. The van der Waals surface area contributed by atoms with Gasteiger partial charge in [-0.3, -0.25) is 9.78 Å². The number of amides is 1. The SMILES string of the molecule is O=C(Nc1ccccc1Cc1nc(-c2ccncc2)no1)c1cc2ccccc2oc1=O. The molecular formula is C24H16N4O4. The molecule has 2 aromatic carbocycles. The van der Waals surface area contributed by atoms with Gasteiger partial charge in [-0.15, -0.1) is 0 Å². The van der Waals surface area contributed by atoms with Crippen LogP contribution in [0.1, 0.15) is 21.8 Å². The Morgan fingerprint density at radius 1 is 0.969 bits per heavy atom. The summed E-state index contributed by atoms with van der Waals surface area (Å²) in [6.07, 6.45) is 3.61. The molecule has 0 unspecified atom stereocenters. The highest BCUT2D eigenvalue weighted by molar-refractivity contribution is 6.05. The molecule has 0 aliphatic rings. The van der Waals surface area contributed by atoms with Crippen LogP contribution in [0.2, 0.25) is 0 Å². The van der Waals surface area contributed by atoms with Crippen molar-refractivity contribution in [2.75, 3.05) is 5.32 Å². The van der Waals surface area contributed by atoms with Crippen LogP contribution in [-0.4, -0.2) is 21.0 Å². The van der Waals surface area contributed by atoms with E-state index in [-0.39, 0.29) is 5.56 Å². The first-order chi connectivity index (χ1) is 15.7. The lowest BCUT2D eigenvalue weighted by molar-refractivity contribution is 0.102. The average Bonchev–Trinajstić information content (AvgIpc) is 3.29. The van der Waals surface area contributed by atoms with Crippen LogP contribution < -0.4 is 10.9 Å². The molecule has 1 amide bonds. The second-order valence-electron chi connectivity index (χ2n) is 7.02. The first-order valence-electron chi connectivity index (χ1n) is 9.82. The number of benzene rings is 2. The summed E-state index contributed by atoms with van der Waals surface area (Å²) in [6, 6.07) is 19.4. The molecule has 0 spiro atoms. The number of fused-ring (bicyclic) bond motifs is 1. The number of carbonyl (C=O) groups excluding carboxylic acids is 1. The van der Waals surface area contributed by atoms with Gasteiger partial charge in [0.2, 0.25) is 11.7 Å². The van der Waals surface area contributed by atoms with Crippen molar-refractivity contribution in [3.63, 3.8) is 0 Å². The van der Waals surface area contributed by atoms with Crippen molar-refractivity contribution in [3.8, 4) is 11.4 Å². The summed E-state index contributed by atoms with van der Waals surface area (Å²) in [7, 11) is 0. The van der Waals surface area contributed by atoms with Crippen molar-refractivity contribution < 1.29 is 13.7 Å². The van der Waals surface area contributed by atoms with E-state index in [1.54, 1.807) is 54.9 Å². The van der Waals surface area contributed by atoms with E-state index >= 15 is 0 Å². The molecule has 5 aromatic rings. The molecular weight excluding hydrogens is 408 g/mol. The molecule has 0 aliphatic heterocycles. The van der Waals surface area contributed by atoms with Crippen molar-refractivity contribution >= 4 is 22.6 Å². The molecule has 0 radical (unpaired) electrons. The van der Waals surface area contributed by atoms with Crippen LogP contribution >= 0.6 is 0 Å². The fourth-order valence-electron chi connectivity index (χ4n) is 3.31. The highest BCUT2D eigenvalue weighted by atomic mass is 16.5. The Labute approximate surface area is 181 Å². The molecule has 5 rings (SSSR count). The molecule has 0 aliphatic carbocycles. The first kappa shape index (κ1) is 19.4. The summed E-state index contributed by atoms with van der Waals surface area (Å²) in [5, 5.41) is 7.47. The zero-order chi connectivity index (χ0) is 21.9. The minimum atomic E-state index is -0.697. The standard InChI is InChI=1S/C24H16N4O4/c29-23(18-13-17-6-2-4-8-20(17)31-24(18)30)26-19-7-3-1-5-16(19)14-21-27-22(28-32-21)15-9-11-25-12-10-15/h1-13H,14H2,(H,26,29). The molecule has 0 saturated carbocycles. The van der Waals surface area contributed by atoms with Gasteiger partial charge in [0.15, 0.2) is 0 Å². The maximum Gasteiger partial charge on any atom is 0.349 e. The van der Waals surface area contributed by atoms with E-state index < -0.39 is 11.5 Å². The number of para-hydroxylation sites is 2. The van der Waals surface area contributed by atoms with Crippen LogP contribution in [0.4, 0.5) is 5.69 Å². The average molecular weight is 424 g/mol. The summed E-state index contributed by atoms with van der Waals surface area (Å²) in [6.45, 7) is 0. The largest absolute Gasteiger partial charge is 0.422 e. The van der Waals surface area contributed by atoms with E-state index in [4.69, 9.17) is 8.94 Å². The highest BCUT2D eigenvalue weighted by Crippen LogP contribution is 2.22. The molecule has 3 heterocycles. The summed E-state index contributed by atoms with van der Waals surface area (Å²) < 4.78 is 10.6. The van der Waals surface area contributed by atoms with Crippen LogP contribution in [0.15, 0.2) is 92.9 Å². The van der Waals surface area contributed by atoms with E-state index in [9.17, 15) is 9.59 Å².